The highest BCUT2D eigenvalue weighted by Gasteiger charge is 2.33. The molecular weight excluding hydrogens is 360 g/mol. The van der Waals surface area contributed by atoms with Crippen molar-refractivity contribution in [2.24, 2.45) is 0 Å². The second-order valence-electron chi connectivity index (χ2n) is 7.61. The van der Waals surface area contributed by atoms with E-state index in [9.17, 15) is 14.7 Å². The summed E-state index contributed by atoms with van der Waals surface area (Å²) in [6, 6.07) is 16.7. The fraction of sp³-hybridized carbons (Fsp3) is 0.154. The van der Waals surface area contributed by atoms with Crippen LogP contribution in [0.3, 0.4) is 0 Å². The van der Waals surface area contributed by atoms with E-state index in [0.717, 1.165) is 44.2 Å². The highest BCUT2D eigenvalue weighted by atomic mass is 16.3. The number of phenols is 1. The minimum absolute atomic E-state index is 0.189. The van der Waals surface area contributed by atoms with Gasteiger partial charge >= 0.3 is 0 Å². The Morgan fingerprint density at radius 1 is 0.759 bits per heavy atom. The van der Waals surface area contributed by atoms with E-state index in [1.807, 2.05) is 70.2 Å². The van der Waals surface area contributed by atoms with Crippen molar-refractivity contribution in [1.82, 2.24) is 0 Å². The molecule has 0 heterocycles. The van der Waals surface area contributed by atoms with E-state index < -0.39 is 11.6 Å². The van der Waals surface area contributed by atoms with E-state index in [1.54, 1.807) is 12.1 Å². The van der Waals surface area contributed by atoms with E-state index in [2.05, 4.69) is 0 Å². The molecule has 3 aromatic carbocycles. The smallest absolute Gasteiger partial charge is 0.234 e. The van der Waals surface area contributed by atoms with Crippen LogP contribution in [0.5, 0.6) is 5.75 Å². The molecule has 0 atom stereocenters. The number of allylic oxidation sites excluding steroid dienone is 4. The average Bonchev–Trinajstić information content (AvgIpc) is 2.71. The molecule has 0 saturated heterocycles. The zero-order valence-electron chi connectivity index (χ0n) is 17.0. The highest BCUT2D eigenvalue weighted by Crippen LogP contribution is 2.38. The lowest BCUT2D eigenvalue weighted by Crippen LogP contribution is -2.24. The van der Waals surface area contributed by atoms with Gasteiger partial charge in [-0.05, 0) is 84.0 Å². The quantitative estimate of drug-likeness (QED) is 0.563. The molecule has 1 N–H and O–H groups in total. The predicted octanol–water partition coefficient (Wildman–Crippen LogP) is 5.89. The maximum absolute atomic E-state index is 13.2. The van der Waals surface area contributed by atoms with Gasteiger partial charge in [0.1, 0.15) is 5.75 Å². The third-order valence-electron chi connectivity index (χ3n) is 5.96. The van der Waals surface area contributed by atoms with Crippen molar-refractivity contribution < 1.29 is 14.7 Å². The van der Waals surface area contributed by atoms with E-state index in [0.29, 0.717) is 11.1 Å². The van der Waals surface area contributed by atoms with Crippen molar-refractivity contribution in [3.05, 3.63) is 88.0 Å². The van der Waals surface area contributed by atoms with Crippen LogP contribution in [-0.2, 0) is 4.79 Å². The number of fused-ring (bicyclic) bond motifs is 3. The van der Waals surface area contributed by atoms with Crippen molar-refractivity contribution in [3.63, 3.8) is 0 Å². The molecule has 0 bridgehead atoms. The lowest BCUT2D eigenvalue weighted by molar-refractivity contribution is -0.111. The lowest BCUT2D eigenvalue weighted by Gasteiger charge is -2.23. The third-order valence-corrected chi connectivity index (χ3v) is 5.96. The zero-order valence-corrected chi connectivity index (χ0v) is 17.0. The van der Waals surface area contributed by atoms with Gasteiger partial charge < -0.3 is 5.11 Å². The maximum Gasteiger partial charge on any atom is 0.234 e. The number of aromatic hydroxyl groups is 1. The normalized spacial score (nSPS) is 14.9. The van der Waals surface area contributed by atoms with Gasteiger partial charge in [0.15, 0.2) is 0 Å². The molecule has 4 rings (SSSR count). The van der Waals surface area contributed by atoms with E-state index in [4.69, 9.17) is 0 Å². The number of Topliss-reactive ketones (excluding diaryl/α,β-unsaturated/α-hetero) is 2. The third kappa shape index (κ3) is 2.90. The van der Waals surface area contributed by atoms with Crippen LogP contribution >= 0.6 is 0 Å². The minimum Gasteiger partial charge on any atom is -0.508 e. The van der Waals surface area contributed by atoms with Crippen LogP contribution in [0.25, 0.3) is 21.9 Å². The van der Waals surface area contributed by atoms with Crippen molar-refractivity contribution in [1.29, 1.82) is 0 Å². The summed E-state index contributed by atoms with van der Waals surface area (Å²) in [4.78, 5) is 26.3. The number of hydrogen-bond acceptors (Lipinski definition) is 3. The molecule has 3 nitrogen and oxygen atoms in total. The first kappa shape index (κ1) is 18.9. The SMILES string of the molecule is CC(C1=C(C)c2ccc3c(C)cccc3c2C(=O)C1=O)=C(C)c1ccc(O)cc1. The van der Waals surface area contributed by atoms with Crippen LogP contribution in [0.15, 0.2) is 65.7 Å². The van der Waals surface area contributed by atoms with Crippen molar-refractivity contribution >= 4 is 33.5 Å². The van der Waals surface area contributed by atoms with Gasteiger partial charge in [-0.2, -0.15) is 0 Å². The molecule has 0 radical (unpaired) electrons. The van der Waals surface area contributed by atoms with Crippen LogP contribution in [0.4, 0.5) is 0 Å². The van der Waals surface area contributed by atoms with E-state index in [1.165, 1.54) is 0 Å². The van der Waals surface area contributed by atoms with Gasteiger partial charge in [0.25, 0.3) is 0 Å². The molecular formula is C26H22O3. The van der Waals surface area contributed by atoms with Crippen molar-refractivity contribution in [2.45, 2.75) is 27.7 Å². The van der Waals surface area contributed by atoms with Gasteiger partial charge in [0.2, 0.25) is 11.6 Å². The molecule has 0 aromatic heterocycles. The largest absolute Gasteiger partial charge is 0.508 e. The average molecular weight is 382 g/mol. The van der Waals surface area contributed by atoms with E-state index in [-0.39, 0.29) is 5.75 Å². The van der Waals surface area contributed by atoms with Gasteiger partial charge in [-0.25, -0.2) is 0 Å². The molecule has 0 fully saturated rings. The second kappa shape index (κ2) is 6.85. The molecule has 0 aliphatic heterocycles. The first-order valence-corrected chi connectivity index (χ1v) is 9.61. The summed E-state index contributed by atoms with van der Waals surface area (Å²) in [6.07, 6.45) is 0. The molecule has 0 spiro atoms. The maximum atomic E-state index is 13.2. The van der Waals surface area contributed by atoms with Gasteiger partial charge in [0.05, 0.1) is 0 Å². The molecule has 0 amide bonds. The molecule has 1 aliphatic carbocycles. The number of aryl methyl sites for hydroxylation is 1. The fourth-order valence-corrected chi connectivity index (χ4v) is 4.17. The number of phenolic OH excluding ortho intramolecular Hbond substituents is 1. The fourth-order valence-electron chi connectivity index (χ4n) is 4.17. The topological polar surface area (TPSA) is 54.4 Å². The van der Waals surface area contributed by atoms with Crippen LogP contribution in [-0.4, -0.2) is 16.7 Å². The molecule has 144 valence electrons. The molecule has 3 heteroatoms. The Kier molecular flexibility index (Phi) is 4.46. The summed E-state index contributed by atoms with van der Waals surface area (Å²) in [5.74, 6) is -0.719. The van der Waals surface area contributed by atoms with Gasteiger partial charge in [-0.3, -0.25) is 9.59 Å². The van der Waals surface area contributed by atoms with Crippen molar-refractivity contribution in [3.8, 4) is 5.75 Å². The van der Waals surface area contributed by atoms with Crippen molar-refractivity contribution in [2.75, 3.05) is 0 Å². The van der Waals surface area contributed by atoms with Crippen LogP contribution in [0, 0.1) is 6.92 Å². The summed E-state index contributed by atoms with van der Waals surface area (Å²) < 4.78 is 0. The summed E-state index contributed by atoms with van der Waals surface area (Å²) in [7, 11) is 0. The summed E-state index contributed by atoms with van der Waals surface area (Å²) in [6.45, 7) is 7.72. The Morgan fingerprint density at radius 2 is 1.45 bits per heavy atom. The molecule has 3 aromatic rings. The Bertz CT molecular complexity index is 1260. The summed E-state index contributed by atoms with van der Waals surface area (Å²) in [5.41, 5.74) is 6.29. The molecule has 0 unspecified atom stereocenters. The first-order valence-electron chi connectivity index (χ1n) is 9.61. The van der Waals surface area contributed by atoms with E-state index >= 15 is 0 Å². The highest BCUT2D eigenvalue weighted by molar-refractivity contribution is 6.55. The number of carbonyl (C=O) groups is 2. The first-order chi connectivity index (χ1) is 13.8. The van der Waals surface area contributed by atoms with Gasteiger partial charge in [0, 0.05) is 11.1 Å². The number of carbonyl (C=O) groups excluding carboxylic acids is 2. The number of benzene rings is 3. The zero-order chi connectivity index (χ0) is 20.9. The molecule has 1 aliphatic rings. The van der Waals surface area contributed by atoms with Gasteiger partial charge in [-0.15, -0.1) is 0 Å². The number of ketones is 2. The number of hydrogen-bond donors (Lipinski definition) is 1. The van der Waals surface area contributed by atoms with Gasteiger partial charge in [-0.1, -0.05) is 42.5 Å². The monoisotopic (exact) mass is 382 g/mol. The predicted molar refractivity (Wildman–Crippen MR) is 117 cm³/mol. The lowest BCUT2D eigenvalue weighted by atomic mass is 9.78. The minimum atomic E-state index is -0.459. The Hall–Kier alpha value is -3.46. The Labute approximate surface area is 170 Å². The van der Waals surface area contributed by atoms with Crippen LogP contribution in [0.2, 0.25) is 0 Å². The summed E-state index contributed by atoms with van der Waals surface area (Å²) in [5, 5.41) is 11.4. The standard InChI is InChI=1S/C26H22O3/c1-14-6-5-7-22-20(14)12-13-21-17(4)23(25(28)26(29)24(21)22)16(3)15(2)18-8-10-19(27)11-9-18/h5-13,27H,1-4H3. The Morgan fingerprint density at radius 3 is 2.14 bits per heavy atom. The second-order valence-corrected chi connectivity index (χ2v) is 7.61. The number of rotatable bonds is 2. The van der Waals surface area contributed by atoms with Crippen LogP contribution < -0.4 is 0 Å². The molecule has 29 heavy (non-hydrogen) atoms. The summed E-state index contributed by atoms with van der Waals surface area (Å²) >= 11 is 0. The van der Waals surface area contributed by atoms with Crippen LogP contribution in [0.1, 0.15) is 47.8 Å². The Balaban J connectivity index is 1.97. The molecule has 0 saturated carbocycles.